The third-order valence-corrected chi connectivity index (χ3v) is 2.44. The zero-order valence-corrected chi connectivity index (χ0v) is 8.90. The van der Waals surface area contributed by atoms with Gasteiger partial charge in [-0.2, -0.15) is 0 Å². The van der Waals surface area contributed by atoms with E-state index in [1.54, 1.807) is 7.05 Å². The maximum absolute atomic E-state index is 13.1. The number of halogens is 1. The first-order valence-corrected chi connectivity index (χ1v) is 4.80. The van der Waals surface area contributed by atoms with Crippen LogP contribution in [0.1, 0.15) is 10.4 Å². The van der Waals surface area contributed by atoms with Crippen molar-refractivity contribution in [2.24, 2.45) is 0 Å². The summed E-state index contributed by atoms with van der Waals surface area (Å²) in [6, 6.07) is 3.64. The minimum atomic E-state index is -1.34. The van der Waals surface area contributed by atoms with E-state index in [0.29, 0.717) is 5.52 Å². The summed E-state index contributed by atoms with van der Waals surface area (Å²) in [5.41, 5.74) is 2.02. The molecule has 0 fully saturated rings. The van der Waals surface area contributed by atoms with Gasteiger partial charge in [0.2, 0.25) is 5.43 Å². The number of hydrogen-bond acceptors (Lipinski definition) is 3. The van der Waals surface area contributed by atoms with Crippen LogP contribution in [0.15, 0.2) is 29.2 Å². The van der Waals surface area contributed by atoms with Gasteiger partial charge in [-0.15, -0.1) is 0 Å². The van der Waals surface area contributed by atoms with Crippen LogP contribution in [0.5, 0.6) is 0 Å². The van der Waals surface area contributed by atoms with Crippen molar-refractivity contribution in [1.82, 2.24) is 4.68 Å². The number of nitrogens with zero attached hydrogens (tertiary/aromatic N) is 1. The number of fused-ring (bicyclic) bond motifs is 1. The fraction of sp³-hybridized carbons (Fsp3) is 0.0909. The second-order valence-corrected chi connectivity index (χ2v) is 3.43. The van der Waals surface area contributed by atoms with E-state index in [1.807, 2.05) is 0 Å². The molecule has 0 unspecified atom stereocenters. The zero-order valence-electron chi connectivity index (χ0n) is 8.90. The molecule has 0 saturated carbocycles. The average molecular weight is 236 g/mol. The number of carboxylic acid groups (broad SMARTS) is 1. The van der Waals surface area contributed by atoms with E-state index in [-0.39, 0.29) is 5.39 Å². The SMILES string of the molecule is CNn1cc(C(=O)O)c(=O)c2cc(F)ccc21. The third-order valence-electron chi connectivity index (χ3n) is 2.44. The highest BCUT2D eigenvalue weighted by molar-refractivity contribution is 5.92. The van der Waals surface area contributed by atoms with Gasteiger partial charge >= 0.3 is 5.97 Å². The lowest BCUT2D eigenvalue weighted by Crippen LogP contribution is -2.22. The molecule has 1 aromatic carbocycles. The predicted octanol–water partition coefficient (Wildman–Crippen LogP) is 1.01. The van der Waals surface area contributed by atoms with E-state index >= 15 is 0 Å². The van der Waals surface area contributed by atoms with Crippen LogP contribution in [-0.2, 0) is 0 Å². The van der Waals surface area contributed by atoms with Crippen LogP contribution in [0.25, 0.3) is 10.9 Å². The molecule has 1 heterocycles. The monoisotopic (exact) mass is 236 g/mol. The van der Waals surface area contributed by atoms with Crippen LogP contribution in [0.4, 0.5) is 4.39 Å². The second-order valence-electron chi connectivity index (χ2n) is 3.43. The first-order valence-electron chi connectivity index (χ1n) is 4.80. The molecule has 0 spiro atoms. The zero-order chi connectivity index (χ0) is 12.6. The molecule has 5 nitrogen and oxygen atoms in total. The molecule has 88 valence electrons. The van der Waals surface area contributed by atoms with Crippen molar-refractivity contribution in [1.29, 1.82) is 0 Å². The standard InChI is InChI=1S/C11H9FN2O3/c1-13-14-5-8(11(16)17)10(15)7-4-6(12)2-3-9(7)14/h2-5,13H,1H3,(H,16,17). The second kappa shape index (κ2) is 3.89. The van der Waals surface area contributed by atoms with Gasteiger partial charge in [-0.05, 0) is 18.2 Å². The topological polar surface area (TPSA) is 71.3 Å². The maximum atomic E-state index is 13.1. The number of nitrogens with one attached hydrogen (secondary N) is 1. The molecule has 2 aromatic rings. The minimum absolute atomic E-state index is 0.0271. The summed E-state index contributed by atoms with van der Waals surface area (Å²) in [5.74, 6) is -1.93. The number of benzene rings is 1. The Morgan fingerprint density at radius 3 is 2.76 bits per heavy atom. The Kier molecular flexibility index (Phi) is 2.55. The Morgan fingerprint density at radius 2 is 2.18 bits per heavy atom. The molecule has 0 aliphatic heterocycles. The van der Waals surface area contributed by atoms with Gasteiger partial charge in [-0.25, -0.2) is 9.18 Å². The number of carbonyl (C=O) groups is 1. The van der Waals surface area contributed by atoms with E-state index in [0.717, 1.165) is 6.07 Å². The molecule has 1 aromatic heterocycles. The van der Waals surface area contributed by atoms with Gasteiger partial charge in [0, 0.05) is 13.2 Å². The number of aromatic nitrogens is 1. The molecular weight excluding hydrogens is 227 g/mol. The minimum Gasteiger partial charge on any atom is -0.477 e. The fourth-order valence-electron chi connectivity index (χ4n) is 1.64. The van der Waals surface area contributed by atoms with E-state index in [2.05, 4.69) is 5.43 Å². The summed E-state index contributed by atoms with van der Waals surface area (Å²) in [7, 11) is 1.57. The summed E-state index contributed by atoms with van der Waals surface area (Å²) >= 11 is 0. The maximum Gasteiger partial charge on any atom is 0.341 e. The number of hydrogen-bond donors (Lipinski definition) is 2. The quantitative estimate of drug-likeness (QED) is 0.816. The molecule has 0 radical (unpaired) electrons. The lowest BCUT2D eigenvalue weighted by Gasteiger charge is -2.10. The van der Waals surface area contributed by atoms with Gasteiger partial charge in [0.1, 0.15) is 11.4 Å². The van der Waals surface area contributed by atoms with E-state index < -0.39 is 22.8 Å². The molecular formula is C11H9FN2O3. The third kappa shape index (κ3) is 1.73. The summed E-state index contributed by atoms with van der Waals surface area (Å²) < 4.78 is 14.4. The highest BCUT2D eigenvalue weighted by Crippen LogP contribution is 2.12. The van der Waals surface area contributed by atoms with Crippen molar-refractivity contribution in [3.8, 4) is 0 Å². The van der Waals surface area contributed by atoms with Crippen molar-refractivity contribution in [3.05, 3.63) is 46.0 Å². The Bertz CT molecular complexity index is 664. The van der Waals surface area contributed by atoms with Gasteiger partial charge in [0.05, 0.1) is 10.9 Å². The first kappa shape index (κ1) is 11.1. The van der Waals surface area contributed by atoms with Gasteiger partial charge < -0.3 is 10.5 Å². The molecule has 2 rings (SSSR count). The van der Waals surface area contributed by atoms with Crippen LogP contribution in [0, 0.1) is 5.82 Å². The van der Waals surface area contributed by atoms with Gasteiger partial charge in [0.25, 0.3) is 0 Å². The van der Waals surface area contributed by atoms with Crippen molar-refractivity contribution in [3.63, 3.8) is 0 Å². The first-order chi connectivity index (χ1) is 8.04. The van der Waals surface area contributed by atoms with Gasteiger partial charge in [-0.1, -0.05) is 0 Å². The predicted molar refractivity (Wildman–Crippen MR) is 60.4 cm³/mol. The summed E-state index contributed by atoms with van der Waals surface area (Å²) in [5, 5.41) is 8.91. The van der Waals surface area contributed by atoms with Crippen molar-refractivity contribution >= 4 is 16.9 Å². The molecule has 0 atom stereocenters. The molecule has 0 bridgehead atoms. The van der Waals surface area contributed by atoms with Crippen molar-refractivity contribution in [2.75, 3.05) is 12.5 Å². The Labute approximate surface area is 95.1 Å². The van der Waals surface area contributed by atoms with Crippen LogP contribution >= 0.6 is 0 Å². The Morgan fingerprint density at radius 1 is 1.47 bits per heavy atom. The molecule has 0 aliphatic rings. The van der Waals surface area contributed by atoms with Crippen LogP contribution in [0.3, 0.4) is 0 Å². The smallest absolute Gasteiger partial charge is 0.341 e. The normalized spacial score (nSPS) is 10.5. The number of carboxylic acids is 1. The van der Waals surface area contributed by atoms with E-state index in [4.69, 9.17) is 5.11 Å². The summed E-state index contributed by atoms with van der Waals surface area (Å²) in [6.45, 7) is 0. The fourth-order valence-corrected chi connectivity index (χ4v) is 1.64. The Balaban J connectivity index is 2.96. The lowest BCUT2D eigenvalue weighted by molar-refractivity contribution is 0.0695. The van der Waals surface area contributed by atoms with Crippen molar-refractivity contribution < 1.29 is 14.3 Å². The molecule has 6 heteroatoms. The number of pyridine rings is 1. The van der Waals surface area contributed by atoms with Crippen LogP contribution in [-0.4, -0.2) is 22.8 Å². The Hall–Kier alpha value is -2.37. The molecule has 0 saturated heterocycles. The largest absolute Gasteiger partial charge is 0.477 e. The summed E-state index contributed by atoms with van der Waals surface area (Å²) in [6.07, 6.45) is 1.17. The van der Waals surface area contributed by atoms with Crippen molar-refractivity contribution in [2.45, 2.75) is 0 Å². The highest BCUT2D eigenvalue weighted by atomic mass is 19.1. The van der Waals surface area contributed by atoms with Crippen LogP contribution < -0.4 is 10.9 Å². The van der Waals surface area contributed by atoms with Gasteiger partial charge in [0.15, 0.2) is 0 Å². The summed E-state index contributed by atoms with van der Waals surface area (Å²) in [4.78, 5) is 22.7. The van der Waals surface area contributed by atoms with E-state index in [9.17, 15) is 14.0 Å². The molecule has 17 heavy (non-hydrogen) atoms. The van der Waals surface area contributed by atoms with Crippen LogP contribution in [0.2, 0.25) is 0 Å². The number of rotatable bonds is 2. The molecule has 0 aliphatic carbocycles. The molecule has 2 N–H and O–H groups in total. The number of aromatic carboxylic acids is 1. The highest BCUT2D eigenvalue weighted by Gasteiger charge is 2.14. The lowest BCUT2D eigenvalue weighted by atomic mass is 10.1. The molecule has 0 amide bonds. The average Bonchev–Trinajstić information content (AvgIpc) is 2.29. The van der Waals surface area contributed by atoms with E-state index in [1.165, 1.54) is 23.0 Å². The van der Waals surface area contributed by atoms with Gasteiger partial charge in [-0.3, -0.25) is 9.47 Å².